The average molecular weight is 235 g/mol. The quantitative estimate of drug-likeness (QED) is 0.748. The van der Waals surface area contributed by atoms with Crippen LogP contribution in [0.4, 0.5) is 0 Å². The van der Waals surface area contributed by atoms with E-state index in [-0.39, 0.29) is 5.76 Å². The number of aromatic nitrogens is 2. The van der Waals surface area contributed by atoms with E-state index in [1.54, 1.807) is 22.9 Å². The standard InChI is InChI=1S/C11H13N3O3/c15-11-14(8-13-4-6-16-7-5-13)10-9(17-11)2-1-3-12-10/h1-3H,4-8H2. The van der Waals surface area contributed by atoms with Crippen LogP contribution in [0, 0.1) is 0 Å². The maximum Gasteiger partial charge on any atom is 0.422 e. The van der Waals surface area contributed by atoms with Crippen molar-refractivity contribution in [3.8, 4) is 0 Å². The molecular formula is C11H13N3O3. The Bertz CT molecular complexity index is 569. The molecule has 0 saturated carbocycles. The van der Waals surface area contributed by atoms with Gasteiger partial charge in [-0.25, -0.2) is 14.3 Å². The second-order valence-corrected chi connectivity index (χ2v) is 3.99. The van der Waals surface area contributed by atoms with Gasteiger partial charge in [0.25, 0.3) is 0 Å². The monoisotopic (exact) mass is 235 g/mol. The molecule has 1 saturated heterocycles. The summed E-state index contributed by atoms with van der Waals surface area (Å²) in [6, 6.07) is 3.50. The topological polar surface area (TPSA) is 60.5 Å². The van der Waals surface area contributed by atoms with Gasteiger partial charge in [-0.05, 0) is 12.1 Å². The molecule has 6 heteroatoms. The molecule has 1 aliphatic heterocycles. The number of nitrogens with zero attached hydrogens (tertiary/aromatic N) is 3. The van der Waals surface area contributed by atoms with Crippen molar-refractivity contribution in [3.05, 3.63) is 28.9 Å². The third-order valence-corrected chi connectivity index (χ3v) is 2.87. The predicted octanol–water partition coefficient (Wildman–Crippen LogP) is 0.279. The number of hydrogen-bond donors (Lipinski definition) is 0. The van der Waals surface area contributed by atoms with Gasteiger partial charge in [-0.3, -0.25) is 4.90 Å². The third kappa shape index (κ3) is 1.96. The van der Waals surface area contributed by atoms with Crippen LogP contribution < -0.4 is 5.76 Å². The van der Waals surface area contributed by atoms with Gasteiger partial charge in [0, 0.05) is 19.3 Å². The van der Waals surface area contributed by atoms with Gasteiger partial charge in [-0.15, -0.1) is 0 Å². The minimum absolute atomic E-state index is 0.356. The smallest absolute Gasteiger partial charge is 0.406 e. The second kappa shape index (κ2) is 4.31. The van der Waals surface area contributed by atoms with Gasteiger partial charge in [-0.2, -0.15) is 0 Å². The average Bonchev–Trinajstić information content (AvgIpc) is 2.68. The molecule has 17 heavy (non-hydrogen) atoms. The zero-order valence-electron chi connectivity index (χ0n) is 9.33. The van der Waals surface area contributed by atoms with Crippen molar-refractivity contribution >= 4 is 11.2 Å². The highest BCUT2D eigenvalue weighted by Crippen LogP contribution is 2.09. The van der Waals surface area contributed by atoms with Crippen LogP contribution in [0.2, 0.25) is 0 Å². The summed E-state index contributed by atoms with van der Waals surface area (Å²) >= 11 is 0. The first-order valence-electron chi connectivity index (χ1n) is 5.59. The van der Waals surface area contributed by atoms with E-state index in [0.29, 0.717) is 31.1 Å². The van der Waals surface area contributed by atoms with E-state index in [9.17, 15) is 4.79 Å². The van der Waals surface area contributed by atoms with Gasteiger partial charge in [0.2, 0.25) is 0 Å². The molecule has 6 nitrogen and oxygen atoms in total. The lowest BCUT2D eigenvalue weighted by Gasteiger charge is -2.26. The van der Waals surface area contributed by atoms with Crippen LogP contribution >= 0.6 is 0 Å². The van der Waals surface area contributed by atoms with E-state index in [0.717, 1.165) is 13.1 Å². The van der Waals surface area contributed by atoms with Crippen LogP contribution in [-0.4, -0.2) is 40.8 Å². The summed E-state index contributed by atoms with van der Waals surface area (Å²) in [5.41, 5.74) is 1.13. The van der Waals surface area contributed by atoms with Gasteiger partial charge in [0.05, 0.1) is 19.9 Å². The van der Waals surface area contributed by atoms with Crippen molar-refractivity contribution in [1.82, 2.24) is 14.5 Å². The Morgan fingerprint density at radius 1 is 1.35 bits per heavy atom. The zero-order valence-corrected chi connectivity index (χ0v) is 9.33. The number of oxazole rings is 1. The molecule has 0 atom stereocenters. The first kappa shape index (κ1) is 10.5. The van der Waals surface area contributed by atoms with Crippen molar-refractivity contribution in [2.45, 2.75) is 6.67 Å². The third-order valence-electron chi connectivity index (χ3n) is 2.87. The Balaban J connectivity index is 1.93. The highest BCUT2D eigenvalue weighted by molar-refractivity contribution is 5.67. The molecule has 0 N–H and O–H groups in total. The maximum atomic E-state index is 11.7. The van der Waals surface area contributed by atoms with Crippen molar-refractivity contribution in [2.24, 2.45) is 0 Å². The fourth-order valence-corrected chi connectivity index (χ4v) is 1.97. The van der Waals surface area contributed by atoms with E-state index in [4.69, 9.17) is 9.15 Å². The Kier molecular flexibility index (Phi) is 2.66. The molecule has 0 bridgehead atoms. The van der Waals surface area contributed by atoms with Crippen LogP contribution in [0.1, 0.15) is 0 Å². The molecule has 0 aliphatic carbocycles. The minimum Gasteiger partial charge on any atom is -0.406 e. The number of morpholine rings is 1. The van der Waals surface area contributed by atoms with Gasteiger partial charge in [-0.1, -0.05) is 0 Å². The molecular weight excluding hydrogens is 222 g/mol. The Labute approximate surface area is 97.4 Å². The lowest BCUT2D eigenvalue weighted by molar-refractivity contribution is 0.0229. The fourth-order valence-electron chi connectivity index (χ4n) is 1.97. The molecule has 3 heterocycles. The van der Waals surface area contributed by atoms with E-state index >= 15 is 0 Å². The van der Waals surface area contributed by atoms with Crippen molar-refractivity contribution in [2.75, 3.05) is 26.3 Å². The second-order valence-electron chi connectivity index (χ2n) is 3.99. The van der Waals surface area contributed by atoms with E-state index in [1.807, 2.05) is 0 Å². The van der Waals surface area contributed by atoms with Gasteiger partial charge in [0.1, 0.15) is 0 Å². The lowest BCUT2D eigenvalue weighted by Crippen LogP contribution is -2.39. The molecule has 1 fully saturated rings. The van der Waals surface area contributed by atoms with Crippen molar-refractivity contribution in [1.29, 1.82) is 0 Å². The molecule has 90 valence electrons. The molecule has 2 aromatic rings. The van der Waals surface area contributed by atoms with Crippen LogP contribution in [-0.2, 0) is 11.4 Å². The molecule has 0 amide bonds. The number of hydrogen-bond acceptors (Lipinski definition) is 5. The fraction of sp³-hybridized carbons (Fsp3) is 0.455. The number of pyridine rings is 1. The number of ether oxygens (including phenoxy) is 1. The number of rotatable bonds is 2. The first-order chi connectivity index (χ1) is 8.34. The minimum atomic E-state index is -0.356. The van der Waals surface area contributed by atoms with Crippen LogP contribution in [0.15, 0.2) is 27.5 Å². The highest BCUT2D eigenvalue weighted by Gasteiger charge is 2.15. The highest BCUT2D eigenvalue weighted by atomic mass is 16.5. The molecule has 0 unspecified atom stereocenters. The summed E-state index contributed by atoms with van der Waals surface area (Å²) in [4.78, 5) is 18.0. The summed E-state index contributed by atoms with van der Waals surface area (Å²) in [7, 11) is 0. The van der Waals surface area contributed by atoms with Gasteiger partial charge in [0.15, 0.2) is 11.2 Å². The summed E-state index contributed by atoms with van der Waals surface area (Å²) in [6.07, 6.45) is 1.66. The van der Waals surface area contributed by atoms with Crippen molar-refractivity contribution < 1.29 is 9.15 Å². The van der Waals surface area contributed by atoms with Gasteiger partial charge < -0.3 is 9.15 Å². The Morgan fingerprint density at radius 2 is 2.18 bits per heavy atom. The van der Waals surface area contributed by atoms with E-state index < -0.39 is 0 Å². The number of fused-ring (bicyclic) bond motifs is 1. The van der Waals surface area contributed by atoms with E-state index in [2.05, 4.69) is 9.88 Å². The Hall–Kier alpha value is -1.66. The first-order valence-corrected chi connectivity index (χ1v) is 5.59. The maximum absolute atomic E-state index is 11.7. The van der Waals surface area contributed by atoms with Gasteiger partial charge >= 0.3 is 5.76 Å². The normalized spacial score (nSPS) is 17.6. The zero-order chi connectivity index (χ0) is 11.7. The summed E-state index contributed by atoms with van der Waals surface area (Å²) in [6.45, 7) is 3.57. The molecule has 2 aromatic heterocycles. The molecule has 0 radical (unpaired) electrons. The summed E-state index contributed by atoms with van der Waals surface area (Å²) in [5, 5.41) is 0. The lowest BCUT2D eigenvalue weighted by atomic mass is 10.4. The van der Waals surface area contributed by atoms with Crippen molar-refractivity contribution in [3.63, 3.8) is 0 Å². The SMILES string of the molecule is O=c1oc2cccnc2n1CN1CCOCC1. The van der Waals surface area contributed by atoms with E-state index in [1.165, 1.54) is 0 Å². The molecule has 0 spiro atoms. The molecule has 1 aliphatic rings. The van der Waals surface area contributed by atoms with Crippen LogP contribution in [0.5, 0.6) is 0 Å². The summed E-state index contributed by atoms with van der Waals surface area (Å²) < 4.78 is 12.0. The van der Waals surface area contributed by atoms with Crippen LogP contribution in [0.3, 0.4) is 0 Å². The molecule has 0 aromatic carbocycles. The summed E-state index contributed by atoms with van der Waals surface area (Å²) in [5.74, 6) is -0.356. The largest absolute Gasteiger partial charge is 0.422 e. The predicted molar refractivity (Wildman–Crippen MR) is 60.7 cm³/mol. The Morgan fingerprint density at radius 3 is 3.00 bits per heavy atom. The van der Waals surface area contributed by atoms with Crippen LogP contribution in [0.25, 0.3) is 11.2 Å². The molecule has 3 rings (SSSR count).